The van der Waals surface area contributed by atoms with Crippen molar-refractivity contribution in [2.75, 3.05) is 30.0 Å². The highest BCUT2D eigenvalue weighted by molar-refractivity contribution is 5.51. The molecule has 0 amide bonds. The van der Waals surface area contributed by atoms with Crippen LogP contribution in [0.25, 0.3) is 0 Å². The van der Waals surface area contributed by atoms with Gasteiger partial charge >= 0.3 is 0 Å². The smallest absolute Gasteiger partial charge is 0.134 e. The second-order valence-corrected chi connectivity index (χ2v) is 6.30. The molecule has 1 aliphatic rings. The fraction of sp³-hybridized carbons (Fsp3) is 0.500. The monoisotopic (exact) mass is 327 g/mol. The first kappa shape index (κ1) is 16.6. The molecule has 24 heavy (non-hydrogen) atoms. The first-order valence-corrected chi connectivity index (χ1v) is 8.54. The summed E-state index contributed by atoms with van der Waals surface area (Å²) in [6.07, 6.45) is 6.72. The molecule has 0 radical (unpaired) electrons. The van der Waals surface area contributed by atoms with Gasteiger partial charge in [-0.1, -0.05) is 6.07 Å². The maximum Gasteiger partial charge on any atom is 0.134 e. The summed E-state index contributed by atoms with van der Waals surface area (Å²) >= 11 is 0. The maximum absolute atomic E-state index is 9.63. The molecule has 0 saturated carbocycles. The number of piperidine rings is 1. The number of anilines is 2. The Morgan fingerprint density at radius 2 is 2.17 bits per heavy atom. The molecule has 3 heterocycles. The van der Waals surface area contributed by atoms with E-state index in [-0.39, 0.29) is 18.7 Å². The van der Waals surface area contributed by atoms with Crippen molar-refractivity contribution in [3.8, 4) is 0 Å². The van der Waals surface area contributed by atoms with Crippen molar-refractivity contribution in [1.29, 1.82) is 0 Å². The average Bonchev–Trinajstić information content (AvgIpc) is 2.67. The summed E-state index contributed by atoms with van der Waals surface area (Å²) in [6.45, 7) is 3.21. The molecule has 0 aliphatic carbocycles. The summed E-state index contributed by atoms with van der Waals surface area (Å²) in [5.74, 6) is 1.75. The Morgan fingerprint density at radius 3 is 2.92 bits per heavy atom. The van der Waals surface area contributed by atoms with Gasteiger partial charge in [0.25, 0.3) is 0 Å². The zero-order chi connectivity index (χ0) is 16.9. The van der Waals surface area contributed by atoms with Crippen molar-refractivity contribution < 1.29 is 5.11 Å². The van der Waals surface area contributed by atoms with E-state index in [1.165, 1.54) is 0 Å². The average molecular weight is 327 g/mol. The SMILES string of the molecule is C[C@H](c1ccccn1)N(C)c1cc(N2CCCC[C@H]2CO)ncn1. The Morgan fingerprint density at radius 1 is 1.29 bits per heavy atom. The Bertz CT molecular complexity index is 651. The van der Waals surface area contributed by atoms with Gasteiger partial charge in [-0.2, -0.15) is 0 Å². The molecule has 2 aromatic heterocycles. The Balaban J connectivity index is 1.82. The number of pyridine rings is 1. The molecule has 2 atom stereocenters. The molecule has 0 unspecified atom stereocenters. The van der Waals surface area contributed by atoms with E-state index in [9.17, 15) is 5.11 Å². The molecule has 1 N–H and O–H groups in total. The van der Waals surface area contributed by atoms with Gasteiger partial charge in [0.2, 0.25) is 0 Å². The van der Waals surface area contributed by atoms with Gasteiger partial charge in [-0.15, -0.1) is 0 Å². The zero-order valence-electron chi connectivity index (χ0n) is 14.3. The van der Waals surface area contributed by atoms with Gasteiger partial charge in [0.05, 0.1) is 24.4 Å². The normalized spacial score (nSPS) is 19.1. The molecule has 2 aromatic rings. The Labute approximate surface area is 143 Å². The second-order valence-electron chi connectivity index (χ2n) is 6.30. The van der Waals surface area contributed by atoms with E-state index in [2.05, 4.69) is 31.7 Å². The summed E-state index contributed by atoms with van der Waals surface area (Å²) in [4.78, 5) is 17.6. The highest BCUT2D eigenvalue weighted by Gasteiger charge is 2.24. The third kappa shape index (κ3) is 3.48. The van der Waals surface area contributed by atoms with E-state index in [1.807, 2.05) is 37.5 Å². The number of hydrogen-bond acceptors (Lipinski definition) is 6. The van der Waals surface area contributed by atoms with Crippen molar-refractivity contribution in [2.24, 2.45) is 0 Å². The Hall–Kier alpha value is -2.21. The molecule has 0 bridgehead atoms. The van der Waals surface area contributed by atoms with Gasteiger partial charge < -0.3 is 14.9 Å². The van der Waals surface area contributed by atoms with E-state index in [0.29, 0.717) is 0 Å². The molecule has 1 fully saturated rings. The van der Waals surface area contributed by atoms with Crippen molar-refractivity contribution in [1.82, 2.24) is 15.0 Å². The highest BCUT2D eigenvalue weighted by Crippen LogP contribution is 2.27. The first-order valence-electron chi connectivity index (χ1n) is 8.54. The standard InChI is InChI=1S/C18H25N5O/c1-14(16-8-3-5-9-19-16)22(2)17-11-18(21-13-20-17)23-10-6-4-7-15(23)12-24/h3,5,8-9,11,13-15,24H,4,6-7,10,12H2,1-2H3/t14-,15+/m1/s1. The minimum absolute atomic E-state index is 0.115. The molecule has 0 spiro atoms. The van der Waals surface area contributed by atoms with E-state index >= 15 is 0 Å². The molecule has 128 valence electrons. The van der Waals surface area contributed by atoms with Crippen LogP contribution in [0.4, 0.5) is 11.6 Å². The Kier molecular flexibility index (Phi) is 5.25. The molecular formula is C18H25N5O. The molecule has 1 aliphatic heterocycles. The lowest BCUT2D eigenvalue weighted by Crippen LogP contribution is -2.42. The van der Waals surface area contributed by atoms with Crippen molar-refractivity contribution in [2.45, 2.75) is 38.3 Å². The van der Waals surface area contributed by atoms with E-state index in [0.717, 1.165) is 43.1 Å². The van der Waals surface area contributed by atoms with Crippen LogP contribution in [0.15, 0.2) is 36.8 Å². The number of aromatic nitrogens is 3. The van der Waals surface area contributed by atoms with Crippen molar-refractivity contribution in [3.63, 3.8) is 0 Å². The van der Waals surface area contributed by atoms with E-state index in [1.54, 1.807) is 6.33 Å². The number of hydrogen-bond donors (Lipinski definition) is 1. The van der Waals surface area contributed by atoms with Gasteiger partial charge in [-0.25, -0.2) is 9.97 Å². The third-order valence-corrected chi connectivity index (χ3v) is 4.83. The van der Waals surface area contributed by atoms with Gasteiger partial charge in [0, 0.05) is 25.9 Å². The van der Waals surface area contributed by atoms with Crippen LogP contribution >= 0.6 is 0 Å². The number of aliphatic hydroxyl groups excluding tert-OH is 1. The lowest BCUT2D eigenvalue weighted by Gasteiger charge is -2.36. The van der Waals surface area contributed by atoms with Crippen molar-refractivity contribution in [3.05, 3.63) is 42.5 Å². The lowest BCUT2D eigenvalue weighted by atomic mass is 10.0. The highest BCUT2D eigenvalue weighted by atomic mass is 16.3. The van der Waals surface area contributed by atoms with Crippen LogP contribution in [0, 0.1) is 0 Å². The first-order chi connectivity index (χ1) is 11.7. The van der Waals surface area contributed by atoms with Crippen LogP contribution in [-0.2, 0) is 0 Å². The minimum Gasteiger partial charge on any atom is -0.394 e. The molecule has 3 rings (SSSR count). The summed E-state index contributed by atoms with van der Waals surface area (Å²) in [5.41, 5.74) is 1.01. The minimum atomic E-state index is 0.115. The summed E-state index contributed by atoms with van der Waals surface area (Å²) in [6, 6.07) is 8.22. The van der Waals surface area contributed by atoms with E-state index in [4.69, 9.17) is 0 Å². The summed E-state index contributed by atoms with van der Waals surface area (Å²) in [7, 11) is 2.02. The van der Waals surface area contributed by atoms with Gasteiger partial charge in [-0.3, -0.25) is 4.98 Å². The van der Waals surface area contributed by atoms with Crippen LogP contribution in [0.2, 0.25) is 0 Å². The predicted octanol–water partition coefficient (Wildman–Crippen LogP) is 2.42. The summed E-state index contributed by atoms with van der Waals surface area (Å²) < 4.78 is 0. The quantitative estimate of drug-likeness (QED) is 0.910. The van der Waals surface area contributed by atoms with Crippen LogP contribution in [0.3, 0.4) is 0 Å². The van der Waals surface area contributed by atoms with Crippen LogP contribution in [-0.4, -0.2) is 46.3 Å². The van der Waals surface area contributed by atoms with Crippen molar-refractivity contribution >= 4 is 11.6 Å². The topological polar surface area (TPSA) is 65.4 Å². The second kappa shape index (κ2) is 7.57. The van der Waals surface area contributed by atoms with Gasteiger partial charge in [0.1, 0.15) is 18.0 Å². The maximum atomic E-state index is 9.63. The zero-order valence-corrected chi connectivity index (χ0v) is 14.3. The van der Waals surface area contributed by atoms with Gasteiger partial charge in [0.15, 0.2) is 0 Å². The van der Waals surface area contributed by atoms with Crippen LogP contribution in [0.5, 0.6) is 0 Å². The number of aliphatic hydroxyl groups is 1. The molecule has 6 nitrogen and oxygen atoms in total. The third-order valence-electron chi connectivity index (χ3n) is 4.83. The lowest BCUT2D eigenvalue weighted by molar-refractivity contribution is 0.239. The van der Waals surface area contributed by atoms with Crippen LogP contribution < -0.4 is 9.80 Å². The number of nitrogens with zero attached hydrogens (tertiary/aromatic N) is 5. The largest absolute Gasteiger partial charge is 0.394 e. The van der Waals surface area contributed by atoms with Gasteiger partial charge in [-0.05, 0) is 38.3 Å². The molecule has 6 heteroatoms. The summed E-state index contributed by atoms with van der Waals surface area (Å²) in [5, 5.41) is 9.63. The fourth-order valence-corrected chi connectivity index (χ4v) is 3.20. The predicted molar refractivity (Wildman–Crippen MR) is 95.2 cm³/mol. The number of rotatable bonds is 5. The van der Waals surface area contributed by atoms with Crippen LogP contribution in [0.1, 0.15) is 37.9 Å². The molecule has 1 saturated heterocycles. The molecular weight excluding hydrogens is 302 g/mol. The fourth-order valence-electron chi connectivity index (χ4n) is 3.20. The van der Waals surface area contributed by atoms with E-state index < -0.39 is 0 Å². The molecule has 0 aromatic carbocycles.